The van der Waals surface area contributed by atoms with Gasteiger partial charge < -0.3 is 10.5 Å². The predicted molar refractivity (Wildman–Crippen MR) is 78.5 cm³/mol. The van der Waals surface area contributed by atoms with Gasteiger partial charge in [0.1, 0.15) is 16.7 Å². The molecule has 0 saturated heterocycles. The lowest BCUT2D eigenvalue weighted by Crippen LogP contribution is -2.30. The van der Waals surface area contributed by atoms with Gasteiger partial charge in [0.2, 0.25) is 5.95 Å². The third-order valence-corrected chi connectivity index (χ3v) is 3.81. The molecule has 0 spiro atoms. The van der Waals surface area contributed by atoms with Crippen LogP contribution in [0.25, 0.3) is 0 Å². The summed E-state index contributed by atoms with van der Waals surface area (Å²) in [6, 6.07) is 5.02. The van der Waals surface area contributed by atoms with Crippen LogP contribution in [0.2, 0.25) is 5.15 Å². The number of rotatable bonds is 5. The first-order chi connectivity index (χ1) is 11.0. The smallest absolute Gasteiger partial charge is 0.406 e. The highest BCUT2D eigenvalue weighted by molar-refractivity contribution is 7.89. The average molecular weight is 384 g/mol. The largest absolute Gasteiger partial charge is 0.573 e. The molecular weight excluding hydrogens is 375 g/mol. The van der Waals surface area contributed by atoms with Crippen LogP contribution >= 0.6 is 11.6 Å². The highest BCUT2D eigenvalue weighted by Crippen LogP contribution is 2.24. The van der Waals surface area contributed by atoms with E-state index in [9.17, 15) is 21.6 Å². The van der Waals surface area contributed by atoms with Crippen molar-refractivity contribution >= 4 is 33.4 Å². The molecule has 1 aromatic carbocycles. The van der Waals surface area contributed by atoms with E-state index in [0.29, 0.717) is 6.07 Å². The summed E-state index contributed by atoms with van der Waals surface area (Å²) < 4.78 is 64.3. The maximum absolute atomic E-state index is 12.2. The van der Waals surface area contributed by atoms with E-state index < -0.39 is 27.0 Å². The molecule has 0 aliphatic heterocycles. The first-order valence-corrected chi connectivity index (χ1v) is 7.85. The number of anilines is 2. The van der Waals surface area contributed by atoms with E-state index in [-0.39, 0.29) is 16.9 Å². The first kappa shape index (κ1) is 18.0. The number of benzene rings is 1. The molecule has 0 aliphatic carbocycles. The number of nitrogens with two attached hydrogens (primary N) is 1. The van der Waals surface area contributed by atoms with Gasteiger partial charge in [0.15, 0.2) is 0 Å². The average Bonchev–Trinajstić information content (AvgIpc) is 2.43. The molecule has 0 amide bonds. The molecule has 13 heteroatoms. The molecule has 0 aliphatic rings. The number of nitrogen functional groups attached to an aromatic ring is 1. The summed E-state index contributed by atoms with van der Waals surface area (Å²) in [7, 11) is -4.22. The molecule has 0 atom stereocenters. The van der Waals surface area contributed by atoms with Crippen molar-refractivity contribution in [3.8, 4) is 5.75 Å². The van der Waals surface area contributed by atoms with Crippen LogP contribution in [0, 0.1) is 0 Å². The third kappa shape index (κ3) is 5.11. The molecular formula is C11H9ClF3N5O3S. The number of nitrogens with zero attached hydrogens (tertiary/aromatic N) is 2. The van der Waals surface area contributed by atoms with E-state index in [1.807, 2.05) is 4.83 Å². The minimum Gasteiger partial charge on any atom is -0.406 e. The number of ether oxygens (including phenoxy) is 1. The second kappa shape index (κ2) is 6.67. The fourth-order valence-corrected chi connectivity index (χ4v) is 2.59. The van der Waals surface area contributed by atoms with Crippen LogP contribution in [0.3, 0.4) is 0 Å². The van der Waals surface area contributed by atoms with E-state index >= 15 is 0 Å². The van der Waals surface area contributed by atoms with Crippen molar-refractivity contribution in [2.24, 2.45) is 0 Å². The van der Waals surface area contributed by atoms with Crippen LogP contribution in [0.1, 0.15) is 0 Å². The lowest BCUT2D eigenvalue weighted by molar-refractivity contribution is -0.274. The Morgan fingerprint density at radius 3 is 2.54 bits per heavy atom. The Morgan fingerprint density at radius 1 is 1.21 bits per heavy atom. The van der Waals surface area contributed by atoms with Crippen molar-refractivity contribution < 1.29 is 26.3 Å². The summed E-state index contributed by atoms with van der Waals surface area (Å²) in [6.07, 6.45) is -4.94. The summed E-state index contributed by atoms with van der Waals surface area (Å²) in [4.78, 5) is 8.69. The van der Waals surface area contributed by atoms with Crippen molar-refractivity contribution in [3.63, 3.8) is 0 Å². The lowest BCUT2D eigenvalue weighted by atomic mass is 10.3. The lowest BCUT2D eigenvalue weighted by Gasteiger charge is -2.12. The van der Waals surface area contributed by atoms with Crippen molar-refractivity contribution in [1.82, 2.24) is 14.8 Å². The number of alkyl halides is 3. The highest BCUT2D eigenvalue weighted by atomic mass is 35.5. The summed E-state index contributed by atoms with van der Waals surface area (Å²) in [5.74, 6) is -0.941. The van der Waals surface area contributed by atoms with E-state index in [1.165, 1.54) is 6.07 Å². The molecule has 130 valence electrons. The topological polar surface area (TPSA) is 119 Å². The Labute approximate surface area is 138 Å². The van der Waals surface area contributed by atoms with Gasteiger partial charge in [0.05, 0.1) is 4.90 Å². The number of hydrazine groups is 1. The standard InChI is InChI=1S/C11H9ClF3N5O3S/c12-8-5-9(18-10(16)17-8)19-20-24(21,22)7-3-1-2-6(4-7)23-11(13,14)15/h1-5,20H,(H3,16,17,18,19). The molecule has 0 fully saturated rings. The predicted octanol–water partition coefficient (Wildman–Crippen LogP) is 1.92. The van der Waals surface area contributed by atoms with Crippen molar-refractivity contribution in [2.45, 2.75) is 11.3 Å². The zero-order chi connectivity index (χ0) is 18.0. The second-order valence-corrected chi connectivity index (χ2v) is 6.26. The van der Waals surface area contributed by atoms with Crippen molar-refractivity contribution in [1.29, 1.82) is 0 Å². The first-order valence-electron chi connectivity index (χ1n) is 5.99. The minimum absolute atomic E-state index is 0.0372. The van der Waals surface area contributed by atoms with Gasteiger partial charge >= 0.3 is 6.36 Å². The number of sulfonamides is 1. The van der Waals surface area contributed by atoms with Gasteiger partial charge in [-0.2, -0.15) is 4.98 Å². The number of hydrogen-bond donors (Lipinski definition) is 3. The molecule has 4 N–H and O–H groups in total. The van der Waals surface area contributed by atoms with Crippen molar-refractivity contribution in [2.75, 3.05) is 11.2 Å². The van der Waals surface area contributed by atoms with Gasteiger partial charge in [-0.3, -0.25) is 5.43 Å². The molecule has 24 heavy (non-hydrogen) atoms. The Morgan fingerprint density at radius 2 is 1.92 bits per heavy atom. The van der Waals surface area contributed by atoms with Crippen LogP contribution in [0.4, 0.5) is 24.9 Å². The maximum Gasteiger partial charge on any atom is 0.573 e. The summed E-state index contributed by atoms with van der Waals surface area (Å²) >= 11 is 5.63. The second-order valence-electron chi connectivity index (χ2n) is 4.19. The Balaban J connectivity index is 2.16. The molecule has 2 aromatic rings. The van der Waals surface area contributed by atoms with E-state index in [4.69, 9.17) is 17.3 Å². The van der Waals surface area contributed by atoms with Gasteiger partial charge in [-0.15, -0.1) is 18.0 Å². The molecule has 1 heterocycles. The van der Waals surface area contributed by atoms with Gasteiger partial charge in [0.25, 0.3) is 10.0 Å². The van der Waals surface area contributed by atoms with Crippen LogP contribution < -0.4 is 20.7 Å². The summed E-state index contributed by atoms with van der Waals surface area (Å²) in [5.41, 5.74) is 7.56. The van der Waals surface area contributed by atoms with Crippen LogP contribution in [-0.2, 0) is 10.0 Å². The maximum atomic E-state index is 12.2. The number of halogens is 4. The molecule has 1 aromatic heterocycles. The quantitative estimate of drug-likeness (QED) is 0.533. The molecule has 8 nitrogen and oxygen atoms in total. The molecule has 0 radical (unpaired) electrons. The monoisotopic (exact) mass is 383 g/mol. The normalized spacial score (nSPS) is 12.0. The number of nitrogens with one attached hydrogen (secondary N) is 2. The molecule has 0 bridgehead atoms. The summed E-state index contributed by atoms with van der Waals surface area (Å²) in [5, 5.41) is -0.0372. The Kier molecular flexibility index (Phi) is 5.01. The Hall–Kier alpha value is -2.31. The fourth-order valence-electron chi connectivity index (χ4n) is 1.52. The SMILES string of the molecule is Nc1nc(Cl)cc(NNS(=O)(=O)c2cccc(OC(F)(F)F)c2)n1. The Bertz CT molecular complexity index is 827. The number of aromatic nitrogens is 2. The molecule has 0 saturated carbocycles. The summed E-state index contributed by atoms with van der Waals surface area (Å²) in [6.45, 7) is 0. The fraction of sp³-hybridized carbons (Fsp3) is 0.0909. The zero-order valence-electron chi connectivity index (χ0n) is 11.5. The van der Waals surface area contributed by atoms with E-state index in [1.54, 1.807) is 0 Å². The van der Waals surface area contributed by atoms with Gasteiger partial charge in [0, 0.05) is 12.1 Å². The van der Waals surface area contributed by atoms with Gasteiger partial charge in [-0.05, 0) is 12.1 Å². The van der Waals surface area contributed by atoms with Crippen LogP contribution in [0.15, 0.2) is 35.2 Å². The van der Waals surface area contributed by atoms with E-state index in [0.717, 1.165) is 18.2 Å². The van der Waals surface area contributed by atoms with Crippen LogP contribution in [0.5, 0.6) is 5.75 Å². The van der Waals surface area contributed by atoms with Crippen molar-refractivity contribution in [3.05, 3.63) is 35.5 Å². The van der Waals surface area contributed by atoms with Gasteiger partial charge in [-0.1, -0.05) is 17.7 Å². The number of hydrogen-bond acceptors (Lipinski definition) is 7. The molecule has 2 rings (SSSR count). The van der Waals surface area contributed by atoms with E-state index in [2.05, 4.69) is 20.1 Å². The minimum atomic E-state index is -4.94. The molecule has 0 unspecified atom stereocenters. The van der Waals surface area contributed by atoms with Gasteiger partial charge in [-0.25, -0.2) is 13.4 Å². The zero-order valence-corrected chi connectivity index (χ0v) is 13.1. The highest BCUT2D eigenvalue weighted by Gasteiger charge is 2.31. The third-order valence-electron chi connectivity index (χ3n) is 2.38. The van der Waals surface area contributed by atoms with Crippen LogP contribution in [-0.4, -0.2) is 24.7 Å².